The van der Waals surface area contributed by atoms with E-state index in [0.717, 1.165) is 24.0 Å². The van der Waals surface area contributed by atoms with Crippen LogP contribution >= 0.6 is 0 Å². The van der Waals surface area contributed by atoms with E-state index in [1.165, 1.54) is 12.8 Å². The summed E-state index contributed by atoms with van der Waals surface area (Å²) in [6.07, 6.45) is 3.63. The minimum atomic E-state index is -0.107. The summed E-state index contributed by atoms with van der Waals surface area (Å²) in [6, 6.07) is 2.24. The fourth-order valence-corrected chi connectivity index (χ4v) is 2.09. The van der Waals surface area contributed by atoms with Gasteiger partial charge in [0.15, 0.2) is 0 Å². The lowest BCUT2D eigenvalue weighted by Crippen LogP contribution is -2.22. The van der Waals surface area contributed by atoms with Crippen LogP contribution in [0.25, 0.3) is 0 Å². The van der Waals surface area contributed by atoms with Crippen LogP contribution in [-0.4, -0.2) is 16.0 Å². The molecule has 0 radical (unpaired) electrons. The predicted molar refractivity (Wildman–Crippen MR) is 90.3 cm³/mol. The SMILES string of the molecule is CC(C)CCCC(C)Nc1cc(NN)nc(C(C)(C)C)n1. The Morgan fingerprint density at radius 3 is 2.24 bits per heavy atom. The molecule has 1 unspecified atom stereocenters. The van der Waals surface area contributed by atoms with Gasteiger partial charge in [-0.15, -0.1) is 0 Å². The van der Waals surface area contributed by atoms with Crippen LogP contribution in [0, 0.1) is 5.92 Å². The highest BCUT2D eigenvalue weighted by Crippen LogP contribution is 2.22. The molecule has 0 bridgehead atoms. The molecule has 1 atom stereocenters. The number of nitrogens with one attached hydrogen (secondary N) is 2. The fourth-order valence-electron chi connectivity index (χ4n) is 2.09. The molecule has 1 aromatic heterocycles. The number of hydrogen-bond donors (Lipinski definition) is 3. The Kier molecular flexibility index (Phi) is 6.40. The second-order valence-corrected chi connectivity index (χ2v) is 7.23. The highest BCUT2D eigenvalue weighted by atomic mass is 15.3. The van der Waals surface area contributed by atoms with Crippen molar-refractivity contribution in [1.29, 1.82) is 0 Å². The van der Waals surface area contributed by atoms with Crippen LogP contribution in [0.2, 0.25) is 0 Å². The summed E-state index contributed by atoms with van der Waals surface area (Å²) >= 11 is 0. The van der Waals surface area contributed by atoms with E-state index in [-0.39, 0.29) is 5.41 Å². The zero-order valence-electron chi connectivity index (χ0n) is 14.3. The highest BCUT2D eigenvalue weighted by Gasteiger charge is 2.19. The molecule has 0 aliphatic carbocycles. The third kappa shape index (κ3) is 6.29. The summed E-state index contributed by atoms with van der Waals surface area (Å²) in [5.41, 5.74) is 2.51. The Morgan fingerprint density at radius 2 is 1.71 bits per heavy atom. The van der Waals surface area contributed by atoms with Crippen molar-refractivity contribution in [1.82, 2.24) is 9.97 Å². The van der Waals surface area contributed by atoms with Crippen molar-refractivity contribution in [3.63, 3.8) is 0 Å². The van der Waals surface area contributed by atoms with Gasteiger partial charge in [0, 0.05) is 17.5 Å². The average Bonchev–Trinajstić information content (AvgIpc) is 2.36. The largest absolute Gasteiger partial charge is 0.367 e. The molecule has 1 rings (SSSR count). The molecule has 4 N–H and O–H groups in total. The Balaban J connectivity index is 2.73. The standard InChI is InChI=1S/C16H31N5/c1-11(2)8-7-9-12(3)18-13-10-14(21-17)20-15(19-13)16(4,5)6/h10-12H,7-9,17H2,1-6H3,(H2,18,19,20,21). The summed E-state index contributed by atoms with van der Waals surface area (Å²) < 4.78 is 0. The molecule has 0 spiro atoms. The Bertz CT molecular complexity index is 437. The topological polar surface area (TPSA) is 75.9 Å². The zero-order valence-corrected chi connectivity index (χ0v) is 14.3. The molecule has 0 aromatic carbocycles. The van der Waals surface area contributed by atoms with Gasteiger partial charge < -0.3 is 10.7 Å². The third-order valence-corrected chi connectivity index (χ3v) is 3.36. The van der Waals surface area contributed by atoms with E-state index in [1.807, 2.05) is 6.07 Å². The second-order valence-electron chi connectivity index (χ2n) is 7.23. The molecule has 5 heteroatoms. The van der Waals surface area contributed by atoms with E-state index in [2.05, 4.69) is 62.3 Å². The summed E-state index contributed by atoms with van der Waals surface area (Å²) in [7, 11) is 0. The van der Waals surface area contributed by atoms with Crippen molar-refractivity contribution in [3.05, 3.63) is 11.9 Å². The minimum Gasteiger partial charge on any atom is -0.367 e. The van der Waals surface area contributed by atoms with Gasteiger partial charge >= 0.3 is 0 Å². The first kappa shape index (κ1) is 17.7. The lowest BCUT2D eigenvalue weighted by Gasteiger charge is -2.20. The van der Waals surface area contributed by atoms with Gasteiger partial charge in [-0.3, -0.25) is 0 Å². The maximum Gasteiger partial charge on any atom is 0.145 e. The maximum atomic E-state index is 5.51. The maximum absolute atomic E-state index is 5.51. The molecule has 0 aliphatic rings. The Morgan fingerprint density at radius 1 is 1.10 bits per heavy atom. The summed E-state index contributed by atoms with van der Waals surface area (Å²) in [6.45, 7) is 13.0. The number of hydrogen-bond acceptors (Lipinski definition) is 5. The van der Waals surface area contributed by atoms with Crippen LogP contribution in [0.1, 0.15) is 66.6 Å². The van der Waals surface area contributed by atoms with Crippen molar-refractivity contribution in [2.45, 2.75) is 72.3 Å². The van der Waals surface area contributed by atoms with Gasteiger partial charge in [-0.25, -0.2) is 15.8 Å². The summed E-state index contributed by atoms with van der Waals surface area (Å²) in [5.74, 6) is 8.53. The highest BCUT2D eigenvalue weighted by molar-refractivity contribution is 5.47. The van der Waals surface area contributed by atoms with Crippen molar-refractivity contribution in [2.75, 3.05) is 10.7 Å². The molecule has 120 valence electrons. The van der Waals surface area contributed by atoms with Crippen molar-refractivity contribution in [3.8, 4) is 0 Å². The van der Waals surface area contributed by atoms with Gasteiger partial charge in [0.25, 0.3) is 0 Å². The molecule has 0 amide bonds. The molecule has 5 nitrogen and oxygen atoms in total. The normalized spacial score (nSPS) is 13.3. The van der Waals surface area contributed by atoms with Gasteiger partial charge in [0.2, 0.25) is 0 Å². The van der Waals surface area contributed by atoms with E-state index in [9.17, 15) is 0 Å². The fraction of sp³-hybridized carbons (Fsp3) is 0.750. The van der Waals surface area contributed by atoms with Crippen LogP contribution in [0.4, 0.5) is 11.6 Å². The average molecular weight is 293 g/mol. The van der Waals surface area contributed by atoms with Gasteiger partial charge in [-0.05, 0) is 19.3 Å². The van der Waals surface area contributed by atoms with Crippen LogP contribution in [0.15, 0.2) is 6.07 Å². The smallest absolute Gasteiger partial charge is 0.145 e. The summed E-state index contributed by atoms with van der Waals surface area (Å²) in [4.78, 5) is 9.05. The predicted octanol–water partition coefficient (Wildman–Crippen LogP) is 3.69. The monoisotopic (exact) mass is 293 g/mol. The van der Waals surface area contributed by atoms with Crippen LogP contribution < -0.4 is 16.6 Å². The van der Waals surface area contributed by atoms with Gasteiger partial charge in [0.1, 0.15) is 17.5 Å². The zero-order chi connectivity index (χ0) is 16.0. The van der Waals surface area contributed by atoms with E-state index < -0.39 is 0 Å². The lowest BCUT2D eigenvalue weighted by molar-refractivity contribution is 0.518. The molecule has 1 heterocycles. The number of nitrogen functional groups attached to an aromatic ring is 1. The number of anilines is 2. The van der Waals surface area contributed by atoms with Gasteiger partial charge in [-0.2, -0.15) is 0 Å². The molecule has 0 aliphatic heterocycles. The van der Waals surface area contributed by atoms with Gasteiger partial charge in [0.05, 0.1) is 0 Å². The van der Waals surface area contributed by atoms with Crippen LogP contribution in [-0.2, 0) is 5.41 Å². The first-order valence-corrected chi connectivity index (χ1v) is 7.85. The summed E-state index contributed by atoms with van der Waals surface area (Å²) in [5, 5.41) is 3.46. The molecule has 0 fully saturated rings. The van der Waals surface area contributed by atoms with E-state index in [4.69, 9.17) is 5.84 Å². The number of rotatable bonds is 7. The minimum absolute atomic E-state index is 0.107. The molecule has 21 heavy (non-hydrogen) atoms. The Hall–Kier alpha value is -1.36. The molecule has 0 saturated carbocycles. The van der Waals surface area contributed by atoms with Crippen molar-refractivity contribution in [2.24, 2.45) is 11.8 Å². The lowest BCUT2D eigenvalue weighted by atomic mass is 9.96. The quantitative estimate of drug-likeness (QED) is 0.528. The van der Waals surface area contributed by atoms with E-state index in [0.29, 0.717) is 11.9 Å². The number of aromatic nitrogens is 2. The first-order chi connectivity index (χ1) is 9.72. The molecule has 1 aromatic rings. The third-order valence-electron chi connectivity index (χ3n) is 3.36. The second kappa shape index (κ2) is 7.59. The first-order valence-electron chi connectivity index (χ1n) is 7.85. The number of nitrogens with two attached hydrogens (primary N) is 1. The van der Waals surface area contributed by atoms with E-state index >= 15 is 0 Å². The number of hydrazine groups is 1. The van der Waals surface area contributed by atoms with Gasteiger partial charge in [-0.1, -0.05) is 47.5 Å². The number of nitrogens with zero attached hydrogens (tertiary/aromatic N) is 2. The molecular formula is C16H31N5. The van der Waals surface area contributed by atoms with Crippen molar-refractivity contribution >= 4 is 11.6 Å². The van der Waals surface area contributed by atoms with Crippen LogP contribution in [0.5, 0.6) is 0 Å². The van der Waals surface area contributed by atoms with E-state index in [1.54, 1.807) is 0 Å². The molecule has 0 saturated heterocycles. The molecular weight excluding hydrogens is 262 g/mol. The van der Waals surface area contributed by atoms with Crippen molar-refractivity contribution < 1.29 is 0 Å². The Labute approximate surface area is 129 Å². The van der Waals surface area contributed by atoms with Crippen LogP contribution in [0.3, 0.4) is 0 Å².